The van der Waals surface area contributed by atoms with E-state index in [1.807, 2.05) is 54.6 Å². The van der Waals surface area contributed by atoms with Gasteiger partial charge in [0, 0.05) is 17.2 Å². The third kappa shape index (κ3) is 3.17. The van der Waals surface area contributed by atoms with Gasteiger partial charge in [-0.25, -0.2) is 4.79 Å². The average Bonchev–Trinajstić information content (AvgIpc) is 3.08. The van der Waals surface area contributed by atoms with Gasteiger partial charge in [-0.2, -0.15) is 0 Å². The maximum atomic E-state index is 12.4. The summed E-state index contributed by atoms with van der Waals surface area (Å²) >= 11 is 0. The van der Waals surface area contributed by atoms with Crippen LogP contribution in [0, 0.1) is 0 Å². The molecule has 134 valence electrons. The summed E-state index contributed by atoms with van der Waals surface area (Å²) in [6, 6.07) is 19.4. The topological polar surface area (TPSA) is 44.8 Å². The fraction of sp³-hybridized carbons (Fsp3) is 0.0870. The number of benzene rings is 3. The predicted molar refractivity (Wildman–Crippen MR) is 106 cm³/mol. The molecule has 0 aliphatic carbocycles. The summed E-state index contributed by atoms with van der Waals surface area (Å²) in [7, 11) is 3.18. The lowest BCUT2D eigenvalue weighted by Gasteiger charge is -2.07. The van der Waals surface area contributed by atoms with Crippen molar-refractivity contribution in [2.24, 2.45) is 0 Å². The zero-order chi connectivity index (χ0) is 18.8. The molecule has 1 aliphatic rings. The number of hydrogen-bond donors (Lipinski definition) is 0. The summed E-state index contributed by atoms with van der Waals surface area (Å²) in [5.74, 6) is 1.49. The van der Waals surface area contributed by atoms with Crippen LogP contribution in [0.1, 0.15) is 11.1 Å². The Bertz CT molecular complexity index is 1090. The predicted octanol–water partition coefficient (Wildman–Crippen LogP) is 4.84. The highest BCUT2D eigenvalue weighted by Gasteiger charge is 2.23. The summed E-state index contributed by atoms with van der Waals surface area (Å²) < 4.78 is 16.2. The van der Waals surface area contributed by atoms with Gasteiger partial charge in [-0.05, 0) is 35.1 Å². The molecule has 27 heavy (non-hydrogen) atoms. The van der Waals surface area contributed by atoms with E-state index >= 15 is 0 Å². The molecular weight excluding hydrogens is 340 g/mol. The van der Waals surface area contributed by atoms with Gasteiger partial charge in [-0.1, -0.05) is 42.5 Å². The highest BCUT2D eigenvalue weighted by molar-refractivity contribution is 6.07. The van der Waals surface area contributed by atoms with Gasteiger partial charge in [0.1, 0.15) is 17.3 Å². The van der Waals surface area contributed by atoms with Gasteiger partial charge >= 0.3 is 5.97 Å². The molecule has 0 saturated carbocycles. The largest absolute Gasteiger partial charge is 0.497 e. The second kappa shape index (κ2) is 7.00. The summed E-state index contributed by atoms with van der Waals surface area (Å²) in [6.07, 6.45) is 3.53. The molecule has 1 aliphatic heterocycles. The van der Waals surface area contributed by atoms with Crippen LogP contribution in [0.15, 0.2) is 72.3 Å². The lowest BCUT2D eigenvalue weighted by Crippen LogP contribution is -1.98. The molecule has 3 aromatic carbocycles. The maximum absolute atomic E-state index is 12.4. The Morgan fingerprint density at radius 2 is 1.74 bits per heavy atom. The molecule has 0 aromatic heterocycles. The van der Waals surface area contributed by atoms with Crippen LogP contribution in [0.4, 0.5) is 0 Å². The van der Waals surface area contributed by atoms with E-state index in [9.17, 15) is 4.79 Å². The van der Waals surface area contributed by atoms with E-state index in [1.54, 1.807) is 32.4 Å². The van der Waals surface area contributed by atoms with Crippen molar-refractivity contribution in [3.05, 3.63) is 83.4 Å². The van der Waals surface area contributed by atoms with E-state index in [0.29, 0.717) is 22.8 Å². The van der Waals surface area contributed by atoms with Crippen LogP contribution in [-0.2, 0) is 9.53 Å². The Hall–Kier alpha value is -3.53. The summed E-state index contributed by atoms with van der Waals surface area (Å²) in [6.45, 7) is 0. The smallest absolute Gasteiger partial charge is 0.343 e. The first-order chi connectivity index (χ1) is 13.2. The molecule has 0 amide bonds. The molecule has 0 N–H and O–H groups in total. The lowest BCUT2D eigenvalue weighted by molar-refractivity contribution is -0.130. The highest BCUT2D eigenvalue weighted by atomic mass is 16.5. The SMILES string of the molecule is COc1ccc(/C=C2\C=C(c3cccc4ccccc34)OC2=O)c(OC)c1. The Labute approximate surface area is 157 Å². The maximum Gasteiger partial charge on any atom is 0.343 e. The van der Waals surface area contributed by atoms with Crippen LogP contribution in [0.5, 0.6) is 11.5 Å². The van der Waals surface area contributed by atoms with E-state index in [0.717, 1.165) is 21.9 Å². The molecule has 4 nitrogen and oxygen atoms in total. The molecule has 3 aromatic rings. The molecule has 0 atom stereocenters. The zero-order valence-corrected chi connectivity index (χ0v) is 15.1. The molecule has 0 spiro atoms. The molecule has 0 fully saturated rings. The molecule has 0 unspecified atom stereocenters. The third-order valence-electron chi connectivity index (χ3n) is 4.53. The van der Waals surface area contributed by atoms with Crippen LogP contribution in [0.2, 0.25) is 0 Å². The molecular formula is C23H18O4. The van der Waals surface area contributed by atoms with Gasteiger partial charge in [-0.3, -0.25) is 0 Å². The number of methoxy groups -OCH3 is 2. The molecule has 0 radical (unpaired) electrons. The van der Waals surface area contributed by atoms with Crippen molar-refractivity contribution in [1.82, 2.24) is 0 Å². The first kappa shape index (κ1) is 16.9. The number of ether oxygens (including phenoxy) is 3. The fourth-order valence-electron chi connectivity index (χ4n) is 3.17. The van der Waals surface area contributed by atoms with Crippen molar-refractivity contribution < 1.29 is 19.0 Å². The van der Waals surface area contributed by atoms with Crippen molar-refractivity contribution in [3.8, 4) is 11.5 Å². The summed E-state index contributed by atoms with van der Waals surface area (Å²) in [4.78, 5) is 12.4. The monoisotopic (exact) mass is 358 g/mol. The average molecular weight is 358 g/mol. The molecule has 0 saturated heterocycles. The Kier molecular flexibility index (Phi) is 4.38. The van der Waals surface area contributed by atoms with Crippen LogP contribution in [-0.4, -0.2) is 20.2 Å². The third-order valence-corrected chi connectivity index (χ3v) is 4.53. The van der Waals surface area contributed by atoms with Gasteiger partial charge < -0.3 is 14.2 Å². The van der Waals surface area contributed by atoms with Gasteiger partial charge in [-0.15, -0.1) is 0 Å². The highest BCUT2D eigenvalue weighted by Crippen LogP contribution is 2.33. The number of rotatable bonds is 4. The Balaban J connectivity index is 1.76. The van der Waals surface area contributed by atoms with E-state index < -0.39 is 0 Å². The number of esters is 1. The summed E-state index contributed by atoms with van der Waals surface area (Å²) in [5.41, 5.74) is 2.15. The van der Waals surface area contributed by atoms with Crippen molar-refractivity contribution >= 4 is 28.6 Å². The minimum Gasteiger partial charge on any atom is -0.497 e. The van der Waals surface area contributed by atoms with Crippen LogP contribution in [0.25, 0.3) is 22.6 Å². The van der Waals surface area contributed by atoms with Crippen molar-refractivity contribution in [1.29, 1.82) is 0 Å². The first-order valence-corrected chi connectivity index (χ1v) is 8.55. The van der Waals surface area contributed by atoms with Crippen LogP contribution < -0.4 is 9.47 Å². The van der Waals surface area contributed by atoms with Gasteiger partial charge in [0.15, 0.2) is 0 Å². The minimum atomic E-state index is -0.379. The van der Waals surface area contributed by atoms with E-state index in [4.69, 9.17) is 14.2 Å². The number of fused-ring (bicyclic) bond motifs is 1. The van der Waals surface area contributed by atoms with Crippen molar-refractivity contribution in [2.45, 2.75) is 0 Å². The molecule has 0 bridgehead atoms. The minimum absolute atomic E-state index is 0.379. The van der Waals surface area contributed by atoms with Crippen molar-refractivity contribution in [2.75, 3.05) is 14.2 Å². The number of carbonyl (C=O) groups excluding carboxylic acids is 1. The number of carbonyl (C=O) groups is 1. The van der Waals surface area contributed by atoms with Gasteiger partial charge in [0.05, 0.1) is 19.8 Å². The van der Waals surface area contributed by atoms with E-state index in [1.165, 1.54) is 0 Å². The Morgan fingerprint density at radius 1 is 0.926 bits per heavy atom. The van der Waals surface area contributed by atoms with Gasteiger partial charge in [0.25, 0.3) is 0 Å². The molecule has 1 heterocycles. The van der Waals surface area contributed by atoms with Crippen molar-refractivity contribution in [3.63, 3.8) is 0 Å². The van der Waals surface area contributed by atoms with E-state index in [2.05, 4.69) is 0 Å². The molecule has 4 rings (SSSR count). The quantitative estimate of drug-likeness (QED) is 0.495. The first-order valence-electron chi connectivity index (χ1n) is 8.55. The van der Waals surface area contributed by atoms with E-state index in [-0.39, 0.29) is 5.97 Å². The normalized spacial score (nSPS) is 15.0. The lowest BCUT2D eigenvalue weighted by atomic mass is 10.0. The van der Waals surface area contributed by atoms with Gasteiger partial charge in [0.2, 0.25) is 0 Å². The fourth-order valence-corrected chi connectivity index (χ4v) is 3.17. The number of hydrogen-bond acceptors (Lipinski definition) is 4. The molecule has 4 heteroatoms. The second-order valence-corrected chi connectivity index (χ2v) is 6.13. The Morgan fingerprint density at radius 3 is 2.56 bits per heavy atom. The van der Waals surface area contributed by atoms with Crippen LogP contribution >= 0.6 is 0 Å². The summed E-state index contributed by atoms with van der Waals surface area (Å²) in [5, 5.41) is 2.14. The standard InChI is InChI=1S/C23H18O4/c1-25-18-11-10-16(21(14-18)26-2)12-17-13-22(27-23(17)24)20-9-5-7-15-6-3-4-8-19(15)20/h3-14H,1-2H3/b17-12+. The number of cyclic esters (lactones) is 1. The second-order valence-electron chi connectivity index (χ2n) is 6.13. The van der Waals surface area contributed by atoms with Crippen LogP contribution in [0.3, 0.4) is 0 Å². The zero-order valence-electron chi connectivity index (χ0n) is 15.1.